The number of ether oxygens (including phenoxy) is 2. The van der Waals surface area contributed by atoms with Crippen LogP contribution >= 0.6 is 0 Å². The molecule has 0 saturated heterocycles. The van der Waals surface area contributed by atoms with Gasteiger partial charge in [-0.3, -0.25) is 9.69 Å². The molecule has 3 aromatic rings. The molecule has 6 nitrogen and oxygen atoms in total. The van der Waals surface area contributed by atoms with Crippen LogP contribution in [0.25, 0.3) is 11.0 Å². The molecule has 0 bridgehead atoms. The van der Waals surface area contributed by atoms with Crippen LogP contribution < -0.4 is 15.0 Å². The van der Waals surface area contributed by atoms with Crippen LogP contribution in [0.15, 0.2) is 53.3 Å². The minimum atomic E-state index is -0.156. The first-order valence-corrected chi connectivity index (χ1v) is 8.24. The number of nitrogens with zero attached hydrogens (tertiary/aromatic N) is 2. The van der Waals surface area contributed by atoms with Gasteiger partial charge in [-0.2, -0.15) is 0 Å². The number of rotatable bonds is 4. The molecule has 25 heavy (non-hydrogen) atoms. The quantitative estimate of drug-likeness (QED) is 0.790. The smallest absolute Gasteiger partial charge is 0.271 e. The number of hydrogen-bond acceptors (Lipinski definition) is 5. The van der Waals surface area contributed by atoms with Crippen LogP contribution in [-0.2, 0) is 6.54 Å². The first-order valence-electron chi connectivity index (χ1n) is 8.24. The van der Waals surface area contributed by atoms with Gasteiger partial charge < -0.3 is 14.5 Å². The summed E-state index contributed by atoms with van der Waals surface area (Å²) in [5.74, 6) is 1.53. The lowest BCUT2D eigenvalue weighted by molar-refractivity contribution is 0.0634. The first-order chi connectivity index (χ1) is 12.2. The van der Waals surface area contributed by atoms with E-state index in [1.54, 1.807) is 0 Å². The molecule has 2 aromatic carbocycles. The molecule has 1 unspecified atom stereocenters. The monoisotopic (exact) mass is 337 g/mol. The van der Waals surface area contributed by atoms with Crippen molar-refractivity contribution in [1.82, 2.24) is 14.9 Å². The fraction of sp³-hybridized carbons (Fsp3) is 0.263. The predicted octanol–water partition coefficient (Wildman–Crippen LogP) is 2.19. The third-order valence-electron chi connectivity index (χ3n) is 4.17. The van der Waals surface area contributed by atoms with Crippen LogP contribution in [0.3, 0.4) is 0 Å². The summed E-state index contributed by atoms with van der Waals surface area (Å²) in [6.07, 6.45) is -0.0839. The molecular weight excluding hydrogens is 318 g/mol. The molecule has 1 aromatic heterocycles. The van der Waals surface area contributed by atoms with Crippen molar-refractivity contribution in [2.45, 2.75) is 12.6 Å². The van der Waals surface area contributed by atoms with E-state index in [0.29, 0.717) is 25.4 Å². The minimum Gasteiger partial charge on any atom is -0.486 e. The van der Waals surface area contributed by atoms with Crippen molar-refractivity contribution in [2.24, 2.45) is 0 Å². The molecule has 4 rings (SSSR count). The Morgan fingerprint density at radius 1 is 1.16 bits per heavy atom. The van der Waals surface area contributed by atoms with Gasteiger partial charge in [-0.25, -0.2) is 4.98 Å². The van der Waals surface area contributed by atoms with Gasteiger partial charge in [0.15, 0.2) is 11.5 Å². The van der Waals surface area contributed by atoms with Gasteiger partial charge in [0.1, 0.15) is 18.4 Å². The summed E-state index contributed by atoms with van der Waals surface area (Å²) >= 11 is 0. The minimum absolute atomic E-state index is 0.0839. The van der Waals surface area contributed by atoms with Crippen LogP contribution in [0.1, 0.15) is 5.69 Å². The van der Waals surface area contributed by atoms with Gasteiger partial charge in [0.25, 0.3) is 5.56 Å². The number of hydrogen-bond donors (Lipinski definition) is 1. The lowest BCUT2D eigenvalue weighted by Gasteiger charge is -2.29. The largest absolute Gasteiger partial charge is 0.486 e. The summed E-state index contributed by atoms with van der Waals surface area (Å²) in [4.78, 5) is 21.6. The van der Waals surface area contributed by atoms with E-state index in [2.05, 4.69) is 9.97 Å². The number of benzene rings is 2. The van der Waals surface area contributed by atoms with E-state index >= 15 is 0 Å². The summed E-state index contributed by atoms with van der Waals surface area (Å²) < 4.78 is 11.7. The summed E-state index contributed by atoms with van der Waals surface area (Å²) in [6.45, 7) is 1.58. The van der Waals surface area contributed by atoms with Crippen LogP contribution in [0.2, 0.25) is 0 Å². The molecule has 6 heteroatoms. The fourth-order valence-corrected chi connectivity index (χ4v) is 3.00. The Morgan fingerprint density at radius 3 is 2.80 bits per heavy atom. The van der Waals surface area contributed by atoms with E-state index in [4.69, 9.17) is 9.47 Å². The number of nitrogens with one attached hydrogen (secondary N) is 1. The summed E-state index contributed by atoms with van der Waals surface area (Å²) in [7, 11) is 1.94. The second-order valence-electron chi connectivity index (χ2n) is 6.22. The van der Waals surface area contributed by atoms with Gasteiger partial charge in [0, 0.05) is 13.1 Å². The maximum absolute atomic E-state index is 12.2. The maximum Gasteiger partial charge on any atom is 0.271 e. The molecular formula is C19H19N3O3. The van der Waals surface area contributed by atoms with Crippen LogP contribution in [0.5, 0.6) is 11.5 Å². The molecule has 0 amide bonds. The van der Waals surface area contributed by atoms with Gasteiger partial charge in [-0.1, -0.05) is 24.3 Å². The Morgan fingerprint density at radius 2 is 1.92 bits per heavy atom. The highest BCUT2D eigenvalue weighted by atomic mass is 16.6. The van der Waals surface area contributed by atoms with E-state index in [1.165, 1.54) is 0 Å². The van der Waals surface area contributed by atoms with Crippen LogP contribution in [0, 0.1) is 0 Å². The van der Waals surface area contributed by atoms with Crippen molar-refractivity contribution in [1.29, 1.82) is 0 Å². The van der Waals surface area contributed by atoms with Gasteiger partial charge in [-0.05, 0) is 31.3 Å². The number of aromatic amines is 1. The fourth-order valence-electron chi connectivity index (χ4n) is 3.00. The summed E-state index contributed by atoms with van der Waals surface area (Å²) in [5.41, 5.74) is 1.88. The molecule has 0 saturated carbocycles. The second-order valence-corrected chi connectivity index (χ2v) is 6.22. The lowest BCUT2D eigenvalue weighted by Crippen LogP contribution is -2.40. The van der Waals surface area contributed by atoms with Gasteiger partial charge in [-0.15, -0.1) is 0 Å². The van der Waals surface area contributed by atoms with Crippen LogP contribution in [0.4, 0.5) is 0 Å². The molecule has 0 fully saturated rings. The summed E-state index contributed by atoms with van der Waals surface area (Å²) in [5, 5.41) is 0. The number of H-pyrrole nitrogens is 1. The Hall–Kier alpha value is -2.86. The maximum atomic E-state index is 12.2. The molecule has 2 heterocycles. The molecule has 1 aliphatic heterocycles. The number of para-hydroxylation sites is 4. The van der Waals surface area contributed by atoms with E-state index in [9.17, 15) is 4.79 Å². The normalized spacial score (nSPS) is 16.3. The van der Waals surface area contributed by atoms with E-state index in [1.807, 2.05) is 60.5 Å². The highest BCUT2D eigenvalue weighted by Gasteiger charge is 2.22. The summed E-state index contributed by atoms with van der Waals surface area (Å²) in [6, 6.07) is 15.2. The SMILES string of the molecule is CN(Cc1nc2ccccc2[nH]c1=O)CC1COc2ccccc2O1. The Kier molecular flexibility index (Phi) is 4.11. The van der Waals surface area contributed by atoms with Gasteiger partial charge >= 0.3 is 0 Å². The first kappa shape index (κ1) is 15.7. The molecule has 0 aliphatic carbocycles. The number of aromatic nitrogens is 2. The highest BCUT2D eigenvalue weighted by molar-refractivity contribution is 5.73. The number of fused-ring (bicyclic) bond motifs is 2. The van der Waals surface area contributed by atoms with Crippen LogP contribution in [-0.4, -0.2) is 41.2 Å². The predicted molar refractivity (Wildman–Crippen MR) is 95.1 cm³/mol. The van der Waals surface area contributed by atoms with Crippen molar-refractivity contribution in [2.75, 3.05) is 20.2 Å². The third kappa shape index (κ3) is 3.34. The zero-order chi connectivity index (χ0) is 17.2. The molecule has 0 radical (unpaired) electrons. The molecule has 1 aliphatic rings. The van der Waals surface area contributed by atoms with Crippen molar-refractivity contribution in [3.05, 3.63) is 64.6 Å². The van der Waals surface area contributed by atoms with E-state index in [-0.39, 0.29) is 11.7 Å². The second kappa shape index (κ2) is 6.57. The molecule has 1 N–H and O–H groups in total. The Labute approximate surface area is 145 Å². The zero-order valence-electron chi connectivity index (χ0n) is 13.9. The van der Waals surface area contributed by atoms with Crippen molar-refractivity contribution in [3.8, 4) is 11.5 Å². The standard InChI is InChI=1S/C19H19N3O3/c1-22(10-13-12-24-17-8-4-5-9-18(17)25-13)11-16-19(23)21-15-7-3-2-6-14(15)20-16/h2-9,13H,10-12H2,1H3,(H,21,23). The van der Waals surface area contributed by atoms with E-state index in [0.717, 1.165) is 22.5 Å². The Bertz CT molecular complexity index is 954. The van der Waals surface area contributed by atoms with E-state index < -0.39 is 0 Å². The zero-order valence-corrected chi connectivity index (χ0v) is 13.9. The lowest BCUT2D eigenvalue weighted by atomic mass is 10.2. The molecule has 1 atom stereocenters. The average molecular weight is 337 g/mol. The topological polar surface area (TPSA) is 67.5 Å². The van der Waals surface area contributed by atoms with Crippen molar-refractivity contribution >= 4 is 11.0 Å². The highest BCUT2D eigenvalue weighted by Crippen LogP contribution is 2.30. The van der Waals surface area contributed by atoms with Crippen molar-refractivity contribution < 1.29 is 9.47 Å². The van der Waals surface area contributed by atoms with Gasteiger partial charge in [0.05, 0.1) is 11.0 Å². The molecule has 0 spiro atoms. The number of likely N-dealkylation sites (N-methyl/N-ethyl adjacent to an activating group) is 1. The molecule has 128 valence electrons. The Balaban J connectivity index is 1.45. The third-order valence-corrected chi connectivity index (χ3v) is 4.17. The van der Waals surface area contributed by atoms with Crippen molar-refractivity contribution in [3.63, 3.8) is 0 Å². The van der Waals surface area contributed by atoms with Gasteiger partial charge in [0.2, 0.25) is 0 Å². The average Bonchev–Trinajstić information content (AvgIpc) is 2.62.